The number of likely N-dealkylation sites (tertiary alicyclic amines) is 1. The predicted octanol–water partition coefficient (Wildman–Crippen LogP) is 0.922. The predicted molar refractivity (Wildman–Crippen MR) is 90.4 cm³/mol. The monoisotopic (exact) mass is 342 g/mol. The first-order valence-corrected chi connectivity index (χ1v) is 8.85. The first-order chi connectivity index (χ1) is 12.0. The SMILES string of the molecule is CC(=O)NOc1ccc2c3c1O[C@H]1[C@@H](O)C=C[C@H]4[C@@H](C2)N(C)CC[C@@]341. The van der Waals surface area contributed by atoms with Crippen molar-refractivity contribution in [2.75, 3.05) is 13.6 Å². The fourth-order valence-corrected chi connectivity index (χ4v) is 5.44. The summed E-state index contributed by atoms with van der Waals surface area (Å²) in [7, 11) is 2.18. The van der Waals surface area contributed by atoms with Crippen LogP contribution in [0.4, 0.5) is 0 Å². The van der Waals surface area contributed by atoms with Gasteiger partial charge in [-0.2, -0.15) is 5.48 Å². The molecule has 2 aliphatic heterocycles. The lowest BCUT2D eigenvalue weighted by atomic mass is 9.53. The van der Waals surface area contributed by atoms with Gasteiger partial charge >= 0.3 is 0 Å². The van der Waals surface area contributed by atoms with Crippen LogP contribution in [-0.2, 0) is 16.6 Å². The van der Waals surface area contributed by atoms with Crippen molar-refractivity contribution < 1.29 is 19.5 Å². The number of carbonyl (C=O) groups is 1. The maximum absolute atomic E-state index is 11.2. The van der Waals surface area contributed by atoms with Gasteiger partial charge < -0.3 is 19.6 Å². The summed E-state index contributed by atoms with van der Waals surface area (Å²) in [6.07, 6.45) is 5.04. The largest absolute Gasteiger partial charge is 0.482 e. The molecule has 2 bridgehead atoms. The van der Waals surface area contributed by atoms with Crippen LogP contribution in [0.25, 0.3) is 0 Å². The summed E-state index contributed by atoms with van der Waals surface area (Å²) in [5.74, 6) is 1.26. The van der Waals surface area contributed by atoms with Crippen LogP contribution in [0.3, 0.4) is 0 Å². The van der Waals surface area contributed by atoms with Gasteiger partial charge in [-0.25, -0.2) is 0 Å². The second-order valence-corrected chi connectivity index (χ2v) is 7.67. The lowest BCUT2D eigenvalue weighted by molar-refractivity contribution is -0.125. The van der Waals surface area contributed by atoms with Crippen molar-refractivity contribution >= 4 is 5.91 Å². The molecule has 25 heavy (non-hydrogen) atoms. The molecule has 2 aliphatic carbocycles. The van der Waals surface area contributed by atoms with Gasteiger partial charge in [0, 0.05) is 29.9 Å². The van der Waals surface area contributed by atoms with Crippen LogP contribution in [-0.4, -0.2) is 47.8 Å². The minimum Gasteiger partial charge on any atom is -0.482 e. The van der Waals surface area contributed by atoms with Gasteiger partial charge in [0.2, 0.25) is 5.91 Å². The summed E-state index contributed by atoms with van der Waals surface area (Å²) in [6.45, 7) is 2.39. The van der Waals surface area contributed by atoms with E-state index in [4.69, 9.17) is 9.57 Å². The number of ether oxygens (including phenoxy) is 1. The van der Waals surface area contributed by atoms with E-state index in [2.05, 4.69) is 29.6 Å². The average molecular weight is 342 g/mol. The molecule has 2 heterocycles. The van der Waals surface area contributed by atoms with E-state index in [1.165, 1.54) is 18.1 Å². The Kier molecular flexibility index (Phi) is 3.04. The number of rotatable bonds is 2. The Hall–Kier alpha value is -2.05. The van der Waals surface area contributed by atoms with Crippen LogP contribution in [0.2, 0.25) is 0 Å². The first-order valence-electron chi connectivity index (χ1n) is 8.85. The topological polar surface area (TPSA) is 71.0 Å². The zero-order valence-corrected chi connectivity index (χ0v) is 14.4. The van der Waals surface area contributed by atoms with Crippen LogP contribution in [0.15, 0.2) is 24.3 Å². The fourth-order valence-electron chi connectivity index (χ4n) is 5.44. The summed E-state index contributed by atoms with van der Waals surface area (Å²) in [5, 5.41) is 10.6. The standard InChI is InChI=1S/C19H22N2O4/c1-10(22)20-25-15-6-3-11-9-13-12-4-5-14(23)18-19(12,7-8-21(13)2)16(11)17(15)24-18/h3-6,12-14,18,23H,7-9H2,1-2H3,(H,20,22)/t12-,13+,14-,18-,19-/m0/s1. The van der Waals surface area contributed by atoms with E-state index in [1.54, 1.807) is 0 Å². The molecule has 2 N–H and O–H groups in total. The number of nitrogens with zero attached hydrogens (tertiary/aromatic N) is 1. The molecule has 6 nitrogen and oxygen atoms in total. The second kappa shape index (κ2) is 4.99. The molecule has 132 valence electrons. The van der Waals surface area contributed by atoms with E-state index in [0.29, 0.717) is 23.5 Å². The highest BCUT2D eigenvalue weighted by Crippen LogP contribution is 2.62. The zero-order chi connectivity index (χ0) is 17.3. The van der Waals surface area contributed by atoms with E-state index >= 15 is 0 Å². The zero-order valence-electron chi connectivity index (χ0n) is 14.4. The molecule has 1 aromatic carbocycles. The van der Waals surface area contributed by atoms with Crippen molar-refractivity contribution in [3.05, 3.63) is 35.4 Å². The highest BCUT2D eigenvalue weighted by Gasteiger charge is 2.64. The molecule has 1 spiro atoms. The van der Waals surface area contributed by atoms with Crippen molar-refractivity contribution in [2.45, 2.75) is 43.4 Å². The van der Waals surface area contributed by atoms with Gasteiger partial charge in [0.1, 0.15) is 12.2 Å². The molecular formula is C19H22N2O4. The molecule has 4 aliphatic rings. The van der Waals surface area contributed by atoms with Gasteiger partial charge in [-0.1, -0.05) is 18.2 Å². The number of amides is 1. The molecule has 6 heteroatoms. The number of hydrogen-bond donors (Lipinski definition) is 2. The average Bonchev–Trinajstić information content (AvgIpc) is 2.94. The van der Waals surface area contributed by atoms with E-state index in [0.717, 1.165) is 19.4 Å². The third-order valence-electron chi connectivity index (χ3n) is 6.44. The number of aliphatic hydroxyl groups excluding tert-OH is 1. The minimum atomic E-state index is -0.632. The number of likely N-dealkylation sites (N-methyl/N-ethyl adjacent to an activating group) is 1. The van der Waals surface area contributed by atoms with Gasteiger partial charge in [0.15, 0.2) is 11.5 Å². The van der Waals surface area contributed by atoms with Gasteiger partial charge in [-0.05, 0) is 38.1 Å². The summed E-state index contributed by atoms with van der Waals surface area (Å²) in [5.41, 5.74) is 4.63. The molecule has 0 saturated carbocycles. The molecule has 1 saturated heterocycles. The third-order valence-corrected chi connectivity index (χ3v) is 6.44. The Morgan fingerprint density at radius 3 is 3.08 bits per heavy atom. The van der Waals surface area contributed by atoms with Crippen molar-refractivity contribution in [3.63, 3.8) is 0 Å². The smallest absolute Gasteiger partial charge is 0.249 e. The van der Waals surface area contributed by atoms with E-state index in [9.17, 15) is 9.90 Å². The van der Waals surface area contributed by atoms with Crippen molar-refractivity contribution in [1.82, 2.24) is 10.4 Å². The number of carbonyl (C=O) groups excluding carboxylic acids is 1. The van der Waals surface area contributed by atoms with Crippen LogP contribution < -0.4 is 15.1 Å². The Bertz CT molecular complexity index is 792. The van der Waals surface area contributed by atoms with Gasteiger partial charge in [0.25, 0.3) is 0 Å². The van der Waals surface area contributed by atoms with Crippen LogP contribution in [0.5, 0.6) is 11.5 Å². The van der Waals surface area contributed by atoms with E-state index in [-0.39, 0.29) is 17.4 Å². The van der Waals surface area contributed by atoms with Crippen LogP contribution >= 0.6 is 0 Å². The molecule has 0 radical (unpaired) electrons. The second-order valence-electron chi connectivity index (χ2n) is 7.67. The molecule has 1 fully saturated rings. The van der Waals surface area contributed by atoms with Gasteiger partial charge in [0.05, 0.1) is 0 Å². The quantitative estimate of drug-likeness (QED) is 0.618. The molecule has 5 rings (SSSR count). The maximum Gasteiger partial charge on any atom is 0.249 e. The van der Waals surface area contributed by atoms with Gasteiger partial charge in [-0.15, -0.1) is 0 Å². The minimum absolute atomic E-state index is 0.205. The summed E-state index contributed by atoms with van der Waals surface area (Å²) in [4.78, 5) is 19.1. The number of piperidine rings is 1. The van der Waals surface area contributed by atoms with E-state index in [1.807, 2.05) is 12.1 Å². The molecule has 0 unspecified atom stereocenters. The Balaban J connectivity index is 1.69. The van der Waals surface area contributed by atoms with Crippen LogP contribution in [0, 0.1) is 5.92 Å². The summed E-state index contributed by atoms with van der Waals surface area (Å²) in [6, 6.07) is 4.36. The van der Waals surface area contributed by atoms with Crippen molar-refractivity contribution in [2.24, 2.45) is 5.92 Å². The molecule has 0 aromatic heterocycles. The van der Waals surface area contributed by atoms with Gasteiger partial charge in [-0.3, -0.25) is 4.79 Å². The fraction of sp³-hybridized carbons (Fsp3) is 0.526. The Morgan fingerprint density at radius 1 is 1.44 bits per heavy atom. The molecule has 1 amide bonds. The first kappa shape index (κ1) is 15.2. The van der Waals surface area contributed by atoms with Crippen LogP contribution in [0.1, 0.15) is 24.5 Å². The Morgan fingerprint density at radius 2 is 2.28 bits per heavy atom. The highest BCUT2D eigenvalue weighted by atomic mass is 16.7. The number of benzene rings is 1. The molecule has 5 atom stereocenters. The van der Waals surface area contributed by atoms with Crippen molar-refractivity contribution in [3.8, 4) is 11.5 Å². The summed E-state index contributed by atoms with van der Waals surface area (Å²) >= 11 is 0. The summed E-state index contributed by atoms with van der Waals surface area (Å²) < 4.78 is 6.29. The number of hydrogen-bond acceptors (Lipinski definition) is 5. The van der Waals surface area contributed by atoms with E-state index < -0.39 is 6.10 Å². The normalized spacial score (nSPS) is 37.2. The maximum atomic E-state index is 11.2. The lowest BCUT2D eigenvalue weighted by Gasteiger charge is -2.56. The third kappa shape index (κ3) is 1.84. The molecule has 1 aromatic rings. The Labute approximate surface area is 146 Å². The number of hydroxylamine groups is 1. The number of nitrogens with one attached hydrogen (secondary N) is 1. The molecular weight excluding hydrogens is 320 g/mol. The lowest BCUT2D eigenvalue weighted by Crippen LogP contribution is -2.64. The highest BCUT2D eigenvalue weighted by molar-refractivity contribution is 5.72. The van der Waals surface area contributed by atoms with Crippen molar-refractivity contribution in [1.29, 1.82) is 0 Å². The number of aliphatic hydroxyl groups is 1.